The van der Waals surface area contributed by atoms with E-state index in [1.807, 2.05) is 0 Å². The van der Waals surface area contributed by atoms with Crippen molar-refractivity contribution in [2.24, 2.45) is 0 Å². The molecule has 52 valence electrons. The van der Waals surface area contributed by atoms with E-state index in [1.54, 1.807) is 0 Å². The highest BCUT2D eigenvalue weighted by molar-refractivity contribution is 9.09. The highest BCUT2D eigenvalue weighted by atomic mass is 79.9. The molecule has 1 aliphatic heterocycles. The second kappa shape index (κ2) is 3.74. The molecule has 0 aromatic heterocycles. The monoisotopic (exact) mass is 253 g/mol. The SMILES string of the molecule is BrCC1=C(CBr)CNC1. The lowest BCUT2D eigenvalue weighted by Crippen LogP contribution is -2.09. The molecule has 0 saturated carbocycles. The summed E-state index contributed by atoms with van der Waals surface area (Å²) in [6.45, 7) is 2.12. The molecule has 0 spiro atoms. The van der Waals surface area contributed by atoms with Gasteiger partial charge < -0.3 is 5.32 Å². The summed E-state index contributed by atoms with van der Waals surface area (Å²) in [7, 11) is 0. The van der Waals surface area contributed by atoms with Gasteiger partial charge in [0.25, 0.3) is 0 Å². The van der Waals surface area contributed by atoms with Crippen molar-refractivity contribution in [2.45, 2.75) is 0 Å². The molecule has 1 aliphatic rings. The standard InChI is InChI=1S/C6H9Br2N/c7-1-5-3-9-4-6(5)2-8/h9H,1-4H2. The fourth-order valence-electron chi connectivity index (χ4n) is 0.898. The molecule has 0 unspecified atom stereocenters. The largest absolute Gasteiger partial charge is 0.309 e. The fourth-order valence-corrected chi connectivity index (χ4v) is 2.09. The normalized spacial score (nSPS) is 19.3. The predicted octanol–water partition coefficient (Wildman–Crippen LogP) is 1.68. The van der Waals surface area contributed by atoms with E-state index in [1.165, 1.54) is 11.1 Å². The zero-order valence-corrected chi connectivity index (χ0v) is 8.26. The molecule has 0 aliphatic carbocycles. The van der Waals surface area contributed by atoms with Crippen molar-refractivity contribution in [1.29, 1.82) is 0 Å². The number of rotatable bonds is 2. The first-order valence-electron chi connectivity index (χ1n) is 2.91. The van der Waals surface area contributed by atoms with Crippen LogP contribution >= 0.6 is 31.9 Å². The van der Waals surface area contributed by atoms with Crippen molar-refractivity contribution in [3.63, 3.8) is 0 Å². The fraction of sp³-hybridized carbons (Fsp3) is 0.667. The van der Waals surface area contributed by atoms with E-state index in [-0.39, 0.29) is 0 Å². The highest BCUT2D eigenvalue weighted by Crippen LogP contribution is 2.13. The van der Waals surface area contributed by atoms with Crippen molar-refractivity contribution in [3.8, 4) is 0 Å². The van der Waals surface area contributed by atoms with E-state index < -0.39 is 0 Å². The Bertz CT molecular complexity index is 117. The smallest absolute Gasteiger partial charge is 0.0257 e. The van der Waals surface area contributed by atoms with E-state index in [0.29, 0.717) is 0 Å². The summed E-state index contributed by atoms with van der Waals surface area (Å²) in [5.74, 6) is 0. The third kappa shape index (κ3) is 1.79. The van der Waals surface area contributed by atoms with Crippen molar-refractivity contribution >= 4 is 31.9 Å². The van der Waals surface area contributed by atoms with Crippen LogP contribution in [0.5, 0.6) is 0 Å². The van der Waals surface area contributed by atoms with E-state index in [0.717, 1.165) is 23.7 Å². The third-order valence-corrected chi connectivity index (χ3v) is 2.85. The molecule has 9 heavy (non-hydrogen) atoms. The first kappa shape index (κ1) is 7.76. The van der Waals surface area contributed by atoms with E-state index in [4.69, 9.17) is 0 Å². The Kier molecular flexibility index (Phi) is 3.22. The van der Waals surface area contributed by atoms with Gasteiger partial charge in [-0.2, -0.15) is 0 Å². The molecule has 1 N–H and O–H groups in total. The Hall–Kier alpha value is 0.660. The molecule has 1 heterocycles. The number of nitrogens with one attached hydrogen (secondary N) is 1. The first-order chi connectivity index (χ1) is 4.38. The molecular weight excluding hydrogens is 246 g/mol. The molecule has 0 atom stereocenters. The third-order valence-electron chi connectivity index (χ3n) is 1.50. The Morgan fingerprint density at radius 2 is 1.56 bits per heavy atom. The van der Waals surface area contributed by atoms with Crippen LogP contribution in [0.25, 0.3) is 0 Å². The lowest BCUT2D eigenvalue weighted by molar-refractivity contribution is 0.866. The topological polar surface area (TPSA) is 12.0 Å². The minimum Gasteiger partial charge on any atom is -0.309 e. The lowest BCUT2D eigenvalue weighted by atomic mass is 10.2. The van der Waals surface area contributed by atoms with Gasteiger partial charge >= 0.3 is 0 Å². The van der Waals surface area contributed by atoms with Gasteiger partial charge in [0.1, 0.15) is 0 Å². The zero-order chi connectivity index (χ0) is 6.69. The second-order valence-electron chi connectivity index (χ2n) is 2.08. The van der Waals surface area contributed by atoms with Crippen LogP contribution in [0.2, 0.25) is 0 Å². The van der Waals surface area contributed by atoms with Crippen LogP contribution in [0, 0.1) is 0 Å². The van der Waals surface area contributed by atoms with Crippen LogP contribution in [0.15, 0.2) is 11.1 Å². The molecule has 3 heteroatoms. The Morgan fingerprint density at radius 3 is 1.89 bits per heavy atom. The van der Waals surface area contributed by atoms with Crippen molar-refractivity contribution in [1.82, 2.24) is 5.32 Å². The molecule has 1 rings (SSSR count). The van der Waals surface area contributed by atoms with Crippen LogP contribution in [-0.2, 0) is 0 Å². The first-order valence-corrected chi connectivity index (χ1v) is 5.15. The molecule has 0 amide bonds. The number of halogens is 2. The van der Waals surface area contributed by atoms with Gasteiger partial charge in [0.2, 0.25) is 0 Å². The predicted molar refractivity (Wildman–Crippen MR) is 47.5 cm³/mol. The molecule has 0 fully saturated rings. The van der Waals surface area contributed by atoms with Crippen LogP contribution in [-0.4, -0.2) is 23.7 Å². The molecule has 0 saturated heterocycles. The minimum absolute atomic E-state index is 1.01. The van der Waals surface area contributed by atoms with E-state index in [2.05, 4.69) is 37.2 Å². The maximum Gasteiger partial charge on any atom is 0.0257 e. The highest BCUT2D eigenvalue weighted by Gasteiger charge is 2.10. The molecular formula is C6H9Br2N. The molecule has 0 radical (unpaired) electrons. The summed E-state index contributed by atoms with van der Waals surface area (Å²) in [6.07, 6.45) is 0. The second-order valence-corrected chi connectivity index (χ2v) is 3.20. The number of alkyl halides is 2. The number of hydrogen-bond acceptors (Lipinski definition) is 1. The van der Waals surface area contributed by atoms with Gasteiger partial charge in [0, 0.05) is 23.7 Å². The summed E-state index contributed by atoms with van der Waals surface area (Å²) >= 11 is 6.88. The lowest BCUT2D eigenvalue weighted by Gasteiger charge is -1.95. The average molecular weight is 255 g/mol. The van der Waals surface area contributed by atoms with Gasteiger partial charge in [-0.05, 0) is 11.1 Å². The van der Waals surface area contributed by atoms with Crippen molar-refractivity contribution < 1.29 is 0 Å². The van der Waals surface area contributed by atoms with Gasteiger partial charge in [0.15, 0.2) is 0 Å². The van der Waals surface area contributed by atoms with Crippen LogP contribution in [0.3, 0.4) is 0 Å². The summed E-state index contributed by atoms with van der Waals surface area (Å²) in [5, 5.41) is 5.32. The summed E-state index contributed by atoms with van der Waals surface area (Å²) in [4.78, 5) is 0. The van der Waals surface area contributed by atoms with Crippen LogP contribution < -0.4 is 5.32 Å². The average Bonchev–Trinajstić information content (AvgIpc) is 2.33. The summed E-state index contributed by atoms with van der Waals surface area (Å²) < 4.78 is 0. The quantitative estimate of drug-likeness (QED) is 0.584. The molecule has 0 bridgehead atoms. The van der Waals surface area contributed by atoms with Crippen LogP contribution in [0.4, 0.5) is 0 Å². The van der Waals surface area contributed by atoms with E-state index in [9.17, 15) is 0 Å². The number of hydrogen-bond donors (Lipinski definition) is 1. The van der Waals surface area contributed by atoms with Gasteiger partial charge in [-0.3, -0.25) is 0 Å². The van der Waals surface area contributed by atoms with Gasteiger partial charge in [-0.15, -0.1) is 0 Å². The Morgan fingerprint density at radius 1 is 1.11 bits per heavy atom. The van der Waals surface area contributed by atoms with Gasteiger partial charge in [-0.1, -0.05) is 31.9 Å². The summed E-state index contributed by atoms with van der Waals surface area (Å²) in [6, 6.07) is 0. The maximum absolute atomic E-state index is 3.44. The van der Waals surface area contributed by atoms with Gasteiger partial charge in [-0.25, -0.2) is 0 Å². The van der Waals surface area contributed by atoms with Crippen molar-refractivity contribution in [2.75, 3.05) is 23.7 Å². The molecule has 0 aromatic carbocycles. The molecule has 0 aromatic rings. The minimum atomic E-state index is 1.01. The molecule has 1 nitrogen and oxygen atoms in total. The van der Waals surface area contributed by atoms with Crippen LogP contribution in [0.1, 0.15) is 0 Å². The summed E-state index contributed by atoms with van der Waals surface area (Å²) in [5.41, 5.74) is 3.01. The Balaban J connectivity index is 2.59. The van der Waals surface area contributed by atoms with E-state index >= 15 is 0 Å². The van der Waals surface area contributed by atoms with Crippen molar-refractivity contribution in [3.05, 3.63) is 11.1 Å². The maximum atomic E-state index is 3.44. The zero-order valence-electron chi connectivity index (χ0n) is 5.08. The van der Waals surface area contributed by atoms with Gasteiger partial charge in [0.05, 0.1) is 0 Å². The Labute approximate surface area is 72.2 Å².